The van der Waals surface area contributed by atoms with Gasteiger partial charge < -0.3 is 5.32 Å². The molecule has 5 nitrogen and oxygen atoms in total. The van der Waals surface area contributed by atoms with Gasteiger partial charge in [0.2, 0.25) is 10.0 Å². The van der Waals surface area contributed by atoms with Crippen molar-refractivity contribution < 1.29 is 8.42 Å². The van der Waals surface area contributed by atoms with Gasteiger partial charge in [0.25, 0.3) is 0 Å². The van der Waals surface area contributed by atoms with E-state index in [9.17, 15) is 8.42 Å². The van der Waals surface area contributed by atoms with Crippen LogP contribution in [0.3, 0.4) is 0 Å². The molecule has 3 rings (SSSR count). The SMILES string of the molecule is CS(=O)(=O)N1CCC(C2=CNC3=CN=CCC32)CC1. The largest absolute Gasteiger partial charge is 0.363 e. The van der Waals surface area contributed by atoms with E-state index >= 15 is 0 Å². The van der Waals surface area contributed by atoms with E-state index < -0.39 is 10.0 Å². The lowest BCUT2D eigenvalue weighted by Crippen LogP contribution is -2.38. The molecule has 0 aromatic carbocycles. The normalized spacial score (nSPS) is 28.6. The highest BCUT2D eigenvalue weighted by molar-refractivity contribution is 7.88. The molecule has 1 unspecified atom stereocenters. The summed E-state index contributed by atoms with van der Waals surface area (Å²) in [5.41, 5.74) is 2.61. The third kappa shape index (κ3) is 2.47. The lowest BCUT2D eigenvalue weighted by molar-refractivity contribution is 0.292. The van der Waals surface area contributed by atoms with Crippen molar-refractivity contribution in [1.29, 1.82) is 0 Å². The summed E-state index contributed by atoms with van der Waals surface area (Å²) >= 11 is 0. The second-order valence-electron chi connectivity index (χ2n) is 5.43. The molecule has 3 aliphatic heterocycles. The topological polar surface area (TPSA) is 61.8 Å². The molecular weight excluding hydrogens is 262 g/mol. The van der Waals surface area contributed by atoms with Crippen LogP contribution in [0.1, 0.15) is 19.3 Å². The zero-order valence-electron chi connectivity index (χ0n) is 11.0. The maximum atomic E-state index is 11.5. The molecule has 1 saturated heterocycles. The Labute approximate surface area is 114 Å². The fourth-order valence-electron chi connectivity index (χ4n) is 3.16. The van der Waals surface area contributed by atoms with E-state index in [1.165, 1.54) is 17.5 Å². The number of hydrogen-bond donors (Lipinski definition) is 1. The molecule has 0 aromatic rings. The summed E-state index contributed by atoms with van der Waals surface area (Å²) in [6, 6.07) is 0. The smallest absolute Gasteiger partial charge is 0.211 e. The van der Waals surface area contributed by atoms with Gasteiger partial charge in [-0.15, -0.1) is 0 Å². The first kappa shape index (κ1) is 12.9. The molecular formula is C13H19N3O2S. The highest BCUT2D eigenvalue weighted by Crippen LogP contribution is 2.38. The van der Waals surface area contributed by atoms with Crippen LogP contribution in [-0.4, -0.2) is 38.3 Å². The maximum absolute atomic E-state index is 11.5. The number of sulfonamides is 1. The first-order valence-electron chi connectivity index (χ1n) is 6.69. The maximum Gasteiger partial charge on any atom is 0.211 e. The van der Waals surface area contributed by atoms with Crippen molar-refractivity contribution in [1.82, 2.24) is 9.62 Å². The summed E-state index contributed by atoms with van der Waals surface area (Å²) in [6.07, 6.45) is 10.0. The van der Waals surface area contributed by atoms with Gasteiger partial charge in [0.1, 0.15) is 0 Å². The second-order valence-corrected chi connectivity index (χ2v) is 7.41. The van der Waals surface area contributed by atoms with Gasteiger partial charge in [-0.25, -0.2) is 12.7 Å². The predicted molar refractivity (Wildman–Crippen MR) is 75.0 cm³/mol. The van der Waals surface area contributed by atoms with Gasteiger partial charge in [-0.3, -0.25) is 4.99 Å². The zero-order valence-corrected chi connectivity index (χ0v) is 11.9. The van der Waals surface area contributed by atoms with Gasteiger partial charge in [-0.1, -0.05) is 0 Å². The molecule has 1 N–H and O–H groups in total. The molecule has 0 saturated carbocycles. The first-order valence-corrected chi connectivity index (χ1v) is 8.54. The van der Waals surface area contributed by atoms with Crippen LogP contribution in [0.2, 0.25) is 0 Å². The molecule has 0 radical (unpaired) electrons. The molecule has 0 bridgehead atoms. The third-order valence-corrected chi connectivity index (χ3v) is 5.54. The van der Waals surface area contributed by atoms with Gasteiger partial charge in [0.05, 0.1) is 6.26 Å². The molecule has 3 heterocycles. The Balaban J connectivity index is 1.67. The van der Waals surface area contributed by atoms with Crippen molar-refractivity contribution in [3.63, 3.8) is 0 Å². The predicted octanol–water partition coefficient (Wildman–Crippen LogP) is 1.08. The Morgan fingerprint density at radius 1 is 1.37 bits per heavy atom. The molecule has 1 atom stereocenters. The number of rotatable bonds is 2. The first-order chi connectivity index (χ1) is 9.05. The number of nitrogens with one attached hydrogen (secondary N) is 1. The summed E-state index contributed by atoms with van der Waals surface area (Å²) < 4.78 is 24.6. The molecule has 1 fully saturated rings. The van der Waals surface area contributed by atoms with Crippen molar-refractivity contribution in [2.24, 2.45) is 16.8 Å². The summed E-state index contributed by atoms with van der Waals surface area (Å²) in [5, 5.41) is 3.30. The third-order valence-electron chi connectivity index (χ3n) is 4.24. The molecule has 3 aliphatic rings. The Morgan fingerprint density at radius 3 is 2.79 bits per heavy atom. The van der Waals surface area contributed by atoms with E-state index in [0.29, 0.717) is 24.9 Å². The fourth-order valence-corrected chi connectivity index (χ4v) is 4.03. The summed E-state index contributed by atoms with van der Waals surface area (Å²) in [4.78, 5) is 4.17. The number of hydrogen-bond acceptors (Lipinski definition) is 4. The minimum Gasteiger partial charge on any atom is -0.363 e. The van der Waals surface area contributed by atoms with Gasteiger partial charge in [-0.05, 0) is 30.8 Å². The molecule has 104 valence electrons. The Morgan fingerprint density at radius 2 is 2.11 bits per heavy atom. The van der Waals surface area contributed by atoms with Gasteiger partial charge in [0, 0.05) is 43.3 Å². The van der Waals surface area contributed by atoms with Gasteiger partial charge >= 0.3 is 0 Å². The molecule has 0 aliphatic carbocycles. The molecule has 0 spiro atoms. The number of fused-ring (bicyclic) bond motifs is 1. The Hall–Kier alpha value is -1.14. The minimum absolute atomic E-state index is 0.437. The quantitative estimate of drug-likeness (QED) is 0.824. The van der Waals surface area contributed by atoms with Crippen LogP contribution in [0.5, 0.6) is 0 Å². The van der Waals surface area contributed by atoms with Gasteiger partial charge in [-0.2, -0.15) is 0 Å². The average molecular weight is 281 g/mol. The van der Waals surface area contributed by atoms with E-state index in [-0.39, 0.29) is 0 Å². The highest BCUT2D eigenvalue weighted by atomic mass is 32.2. The van der Waals surface area contributed by atoms with Crippen LogP contribution in [0.25, 0.3) is 0 Å². The van der Waals surface area contributed by atoms with E-state index in [0.717, 1.165) is 19.3 Å². The van der Waals surface area contributed by atoms with E-state index in [1.807, 2.05) is 12.4 Å². The number of aliphatic imine (C=N–C) groups is 1. The van der Waals surface area contributed by atoms with Crippen molar-refractivity contribution in [3.05, 3.63) is 23.7 Å². The highest BCUT2D eigenvalue weighted by Gasteiger charge is 2.33. The van der Waals surface area contributed by atoms with Crippen LogP contribution >= 0.6 is 0 Å². The van der Waals surface area contributed by atoms with Crippen molar-refractivity contribution in [3.8, 4) is 0 Å². The summed E-state index contributed by atoms with van der Waals surface area (Å²) in [7, 11) is -3.03. The van der Waals surface area contributed by atoms with Crippen molar-refractivity contribution in [2.75, 3.05) is 19.3 Å². The van der Waals surface area contributed by atoms with E-state index in [2.05, 4.69) is 16.5 Å². The van der Waals surface area contributed by atoms with Crippen LogP contribution < -0.4 is 5.32 Å². The lowest BCUT2D eigenvalue weighted by Gasteiger charge is -2.32. The van der Waals surface area contributed by atoms with E-state index in [1.54, 1.807) is 4.31 Å². The zero-order chi connectivity index (χ0) is 13.5. The van der Waals surface area contributed by atoms with Crippen molar-refractivity contribution in [2.45, 2.75) is 19.3 Å². The molecule has 0 amide bonds. The van der Waals surface area contributed by atoms with Gasteiger partial charge in [0.15, 0.2) is 0 Å². The van der Waals surface area contributed by atoms with E-state index in [4.69, 9.17) is 0 Å². The Kier molecular flexibility index (Phi) is 3.22. The van der Waals surface area contributed by atoms with Crippen LogP contribution in [0.15, 0.2) is 28.7 Å². The number of nitrogens with zero attached hydrogens (tertiary/aromatic N) is 2. The second kappa shape index (κ2) is 4.76. The monoisotopic (exact) mass is 281 g/mol. The van der Waals surface area contributed by atoms with Crippen LogP contribution in [0, 0.1) is 11.8 Å². The average Bonchev–Trinajstić information content (AvgIpc) is 2.82. The van der Waals surface area contributed by atoms with Crippen LogP contribution in [0.4, 0.5) is 0 Å². The number of piperidine rings is 1. The fraction of sp³-hybridized carbons (Fsp3) is 0.615. The standard InChI is InChI=1S/C13H19N3O2S/c1-19(17,18)16-6-3-10(4-7-16)12-8-15-13-9-14-5-2-11(12)13/h5,8-11,15H,2-4,6-7H2,1H3. The van der Waals surface area contributed by atoms with Crippen molar-refractivity contribution >= 4 is 16.2 Å². The molecule has 19 heavy (non-hydrogen) atoms. The number of allylic oxidation sites excluding steroid dienone is 1. The lowest BCUT2D eigenvalue weighted by atomic mass is 9.81. The molecule has 6 heteroatoms. The molecule has 0 aromatic heterocycles. The minimum atomic E-state index is -3.03. The Bertz CT molecular complexity index is 554. The summed E-state index contributed by atoms with van der Waals surface area (Å²) in [5.74, 6) is 0.931. The van der Waals surface area contributed by atoms with Crippen LogP contribution in [-0.2, 0) is 10.0 Å². The summed E-state index contributed by atoms with van der Waals surface area (Å²) in [6.45, 7) is 1.28.